The van der Waals surface area contributed by atoms with Crippen molar-refractivity contribution in [2.45, 2.75) is 18.9 Å². The van der Waals surface area contributed by atoms with Gasteiger partial charge in [-0.05, 0) is 60.7 Å². The molecule has 1 fully saturated rings. The maximum absolute atomic E-state index is 13.5. The molecule has 0 saturated carbocycles. The molecule has 1 atom stereocenters. The molecule has 9 heteroatoms. The van der Waals surface area contributed by atoms with Crippen molar-refractivity contribution in [3.8, 4) is 22.1 Å². The highest BCUT2D eigenvalue weighted by atomic mass is 32.1. The number of nitrogens with one attached hydrogen (secondary N) is 1. The fraction of sp³-hybridized carbons (Fsp3) is 0.200. The highest BCUT2D eigenvalue weighted by Crippen LogP contribution is 2.27. The molecule has 34 heavy (non-hydrogen) atoms. The fourth-order valence-corrected chi connectivity index (χ4v) is 4.73. The number of methoxy groups -OCH3 is 1. The average Bonchev–Trinajstić information content (AvgIpc) is 3.65. The summed E-state index contributed by atoms with van der Waals surface area (Å²) < 4.78 is 6.84. The number of hydrogen-bond donors (Lipinski definition) is 1. The van der Waals surface area contributed by atoms with Crippen molar-refractivity contribution in [1.82, 2.24) is 19.7 Å². The maximum atomic E-state index is 13.5. The van der Waals surface area contributed by atoms with Crippen LogP contribution in [-0.4, -0.2) is 51.2 Å². The van der Waals surface area contributed by atoms with Gasteiger partial charge in [0.15, 0.2) is 5.82 Å². The second-order valence-electron chi connectivity index (χ2n) is 7.86. The number of hydrogen-bond acceptors (Lipinski definition) is 6. The molecule has 0 radical (unpaired) electrons. The minimum Gasteiger partial charge on any atom is -0.497 e. The molecule has 1 aliphatic heterocycles. The van der Waals surface area contributed by atoms with Crippen LogP contribution in [0.15, 0.2) is 72.1 Å². The van der Waals surface area contributed by atoms with Gasteiger partial charge in [-0.25, -0.2) is 9.67 Å². The number of para-hydroxylation sites is 1. The monoisotopic (exact) mass is 473 g/mol. The Morgan fingerprint density at radius 3 is 2.56 bits per heavy atom. The first-order valence-corrected chi connectivity index (χ1v) is 11.8. The van der Waals surface area contributed by atoms with E-state index in [1.54, 1.807) is 41.0 Å². The number of rotatable bonds is 6. The summed E-state index contributed by atoms with van der Waals surface area (Å²) in [6, 6.07) is 20.0. The third kappa shape index (κ3) is 4.29. The smallest absolute Gasteiger partial charge is 0.294 e. The number of carbonyl (C=O) groups excluding carboxylic acids is 2. The van der Waals surface area contributed by atoms with Crippen LogP contribution in [0.2, 0.25) is 0 Å². The van der Waals surface area contributed by atoms with Crippen LogP contribution >= 0.6 is 11.3 Å². The molecular formula is C25H23N5O3S. The molecule has 1 aliphatic rings. The number of aromatic nitrogens is 3. The molecule has 8 nitrogen and oxygen atoms in total. The Morgan fingerprint density at radius 2 is 1.85 bits per heavy atom. The number of anilines is 1. The second kappa shape index (κ2) is 9.48. The van der Waals surface area contributed by atoms with Crippen molar-refractivity contribution in [1.29, 1.82) is 0 Å². The van der Waals surface area contributed by atoms with Crippen molar-refractivity contribution in [3.63, 3.8) is 0 Å². The lowest BCUT2D eigenvalue weighted by Crippen LogP contribution is -2.43. The fourth-order valence-electron chi connectivity index (χ4n) is 4.03. The van der Waals surface area contributed by atoms with Crippen LogP contribution in [0.25, 0.3) is 16.4 Å². The third-order valence-electron chi connectivity index (χ3n) is 5.71. The first-order valence-electron chi connectivity index (χ1n) is 11.0. The summed E-state index contributed by atoms with van der Waals surface area (Å²) in [6.45, 7) is 0.480. The van der Waals surface area contributed by atoms with Crippen molar-refractivity contribution < 1.29 is 14.3 Å². The Bertz CT molecular complexity index is 1290. The summed E-state index contributed by atoms with van der Waals surface area (Å²) in [5.74, 6) is 0.813. The number of nitrogens with zero attached hydrogens (tertiary/aromatic N) is 4. The lowest BCUT2D eigenvalue weighted by atomic mass is 10.2. The summed E-state index contributed by atoms with van der Waals surface area (Å²) in [5.41, 5.74) is 1.46. The highest BCUT2D eigenvalue weighted by molar-refractivity contribution is 7.13. The Morgan fingerprint density at radius 1 is 1.06 bits per heavy atom. The molecule has 2 aromatic heterocycles. The highest BCUT2D eigenvalue weighted by Gasteiger charge is 2.36. The van der Waals surface area contributed by atoms with Crippen molar-refractivity contribution in [2.24, 2.45) is 0 Å². The molecule has 1 N–H and O–H groups in total. The SMILES string of the molecule is COc1ccc(NC(=O)C2CCCN2C(=O)c2nc(-c3cccs3)n(-c3ccccc3)n2)cc1. The Balaban J connectivity index is 1.40. The molecule has 3 heterocycles. The molecule has 0 aliphatic carbocycles. The maximum Gasteiger partial charge on any atom is 0.294 e. The molecule has 5 rings (SSSR count). The summed E-state index contributed by atoms with van der Waals surface area (Å²) in [7, 11) is 1.59. The normalized spacial score (nSPS) is 15.3. The molecule has 0 spiro atoms. The number of benzene rings is 2. The van der Waals surface area contributed by atoms with Crippen LogP contribution in [0.1, 0.15) is 23.5 Å². The van der Waals surface area contributed by atoms with Crippen LogP contribution in [0.5, 0.6) is 5.75 Å². The Kier molecular flexibility index (Phi) is 6.09. The van der Waals surface area contributed by atoms with E-state index in [0.29, 0.717) is 30.2 Å². The van der Waals surface area contributed by atoms with Crippen LogP contribution in [0.4, 0.5) is 5.69 Å². The Labute approximate surface area is 200 Å². The van der Waals surface area contributed by atoms with Gasteiger partial charge in [-0.1, -0.05) is 24.3 Å². The summed E-state index contributed by atoms with van der Waals surface area (Å²) in [4.78, 5) is 33.5. The number of ether oxygens (including phenoxy) is 1. The molecule has 4 aromatic rings. The van der Waals surface area contributed by atoms with Gasteiger partial charge in [0.25, 0.3) is 5.91 Å². The third-order valence-corrected chi connectivity index (χ3v) is 6.58. The van der Waals surface area contributed by atoms with E-state index in [-0.39, 0.29) is 17.6 Å². The predicted molar refractivity (Wildman–Crippen MR) is 130 cm³/mol. The van der Waals surface area contributed by atoms with E-state index in [4.69, 9.17) is 4.74 Å². The van der Waals surface area contributed by atoms with Crippen molar-refractivity contribution >= 4 is 28.8 Å². The summed E-state index contributed by atoms with van der Waals surface area (Å²) in [6.07, 6.45) is 1.33. The molecule has 2 amide bonds. The van der Waals surface area contributed by atoms with Gasteiger partial charge >= 0.3 is 0 Å². The quantitative estimate of drug-likeness (QED) is 0.452. The van der Waals surface area contributed by atoms with Gasteiger partial charge in [0.1, 0.15) is 11.8 Å². The number of amides is 2. The summed E-state index contributed by atoms with van der Waals surface area (Å²) in [5, 5.41) is 9.42. The minimum atomic E-state index is -0.580. The van der Waals surface area contributed by atoms with Crippen LogP contribution in [-0.2, 0) is 4.79 Å². The van der Waals surface area contributed by atoms with Gasteiger partial charge in [-0.3, -0.25) is 9.59 Å². The van der Waals surface area contributed by atoms with E-state index < -0.39 is 6.04 Å². The van der Waals surface area contributed by atoms with Crippen molar-refractivity contribution in [3.05, 3.63) is 77.9 Å². The largest absolute Gasteiger partial charge is 0.497 e. The molecule has 172 valence electrons. The van der Waals surface area contributed by atoms with E-state index in [9.17, 15) is 9.59 Å². The van der Waals surface area contributed by atoms with Gasteiger partial charge in [0, 0.05) is 12.2 Å². The zero-order valence-electron chi connectivity index (χ0n) is 18.5. The predicted octanol–water partition coefficient (Wildman–Crippen LogP) is 4.25. The molecule has 1 unspecified atom stereocenters. The lowest BCUT2D eigenvalue weighted by Gasteiger charge is -2.22. The van der Waals surface area contributed by atoms with E-state index in [1.165, 1.54) is 11.3 Å². The van der Waals surface area contributed by atoms with Crippen molar-refractivity contribution in [2.75, 3.05) is 19.0 Å². The number of thiophene rings is 1. The van der Waals surface area contributed by atoms with Crippen LogP contribution in [0, 0.1) is 0 Å². The second-order valence-corrected chi connectivity index (χ2v) is 8.81. The zero-order chi connectivity index (χ0) is 23.5. The van der Waals surface area contributed by atoms with Gasteiger partial charge in [0.2, 0.25) is 11.7 Å². The average molecular weight is 474 g/mol. The van der Waals surface area contributed by atoms with Gasteiger partial charge < -0.3 is 15.0 Å². The molecule has 1 saturated heterocycles. The lowest BCUT2D eigenvalue weighted by molar-refractivity contribution is -0.119. The topological polar surface area (TPSA) is 89.4 Å². The zero-order valence-corrected chi connectivity index (χ0v) is 19.4. The van der Waals surface area contributed by atoms with E-state index in [1.807, 2.05) is 47.8 Å². The van der Waals surface area contributed by atoms with Crippen LogP contribution < -0.4 is 10.1 Å². The number of carbonyl (C=O) groups is 2. The first-order chi connectivity index (χ1) is 16.6. The number of likely N-dealkylation sites (tertiary alicyclic amines) is 1. The van der Waals surface area contributed by atoms with E-state index in [2.05, 4.69) is 15.4 Å². The Hall–Kier alpha value is -3.98. The molecular weight excluding hydrogens is 450 g/mol. The first kappa shape index (κ1) is 21.8. The van der Waals surface area contributed by atoms with Gasteiger partial charge in [-0.15, -0.1) is 16.4 Å². The molecule has 0 bridgehead atoms. The van der Waals surface area contributed by atoms with Crippen LogP contribution in [0.3, 0.4) is 0 Å². The van der Waals surface area contributed by atoms with Gasteiger partial charge in [0.05, 0.1) is 17.7 Å². The standard InChI is InChI=1S/C25H23N5O3S/c1-33-19-13-11-17(12-14-19)26-24(31)20-9-5-15-29(20)25(32)22-27-23(21-10-6-16-34-21)30(28-22)18-7-3-2-4-8-18/h2-4,6-8,10-14,16,20H,5,9,15H2,1H3,(H,26,31). The van der Waals surface area contributed by atoms with Gasteiger partial charge in [-0.2, -0.15) is 0 Å². The summed E-state index contributed by atoms with van der Waals surface area (Å²) >= 11 is 1.53. The molecule has 2 aromatic carbocycles. The van der Waals surface area contributed by atoms with E-state index >= 15 is 0 Å². The van der Waals surface area contributed by atoms with E-state index in [0.717, 1.165) is 17.0 Å². The minimum absolute atomic E-state index is 0.0800.